The van der Waals surface area contributed by atoms with E-state index in [4.69, 9.17) is 11.6 Å². The smallest absolute Gasteiger partial charge is 0.132 e. The zero-order valence-corrected chi connectivity index (χ0v) is 10.0. The summed E-state index contributed by atoms with van der Waals surface area (Å²) in [6.45, 7) is 6.28. The molecule has 0 aliphatic carbocycles. The normalized spacial score (nSPS) is 10.9. The number of aromatic nitrogens is 1. The average Bonchev–Trinajstić information content (AvgIpc) is 2.24. The highest BCUT2D eigenvalue weighted by Crippen LogP contribution is 2.24. The van der Waals surface area contributed by atoms with Crippen LogP contribution in [0.3, 0.4) is 0 Å². The number of hydrogen-bond acceptors (Lipinski definition) is 1. The molecule has 0 N–H and O–H groups in total. The fraction of sp³-hybridized carbons (Fsp3) is 0.308. The summed E-state index contributed by atoms with van der Waals surface area (Å²) < 4.78 is 0. The summed E-state index contributed by atoms with van der Waals surface area (Å²) >= 11 is 6.12. The number of rotatable bonds is 1. The second-order valence-electron chi connectivity index (χ2n) is 3.87. The van der Waals surface area contributed by atoms with Crippen molar-refractivity contribution >= 4 is 22.5 Å². The van der Waals surface area contributed by atoms with Crippen LogP contribution in [0, 0.1) is 13.8 Å². The van der Waals surface area contributed by atoms with E-state index in [9.17, 15) is 0 Å². The van der Waals surface area contributed by atoms with Gasteiger partial charge in [-0.3, -0.25) is 0 Å². The molecule has 0 amide bonds. The van der Waals surface area contributed by atoms with Crippen molar-refractivity contribution < 1.29 is 0 Å². The Hall–Kier alpha value is -1.08. The molecule has 0 fully saturated rings. The maximum absolute atomic E-state index is 6.12. The lowest BCUT2D eigenvalue weighted by atomic mass is 10.0. The van der Waals surface area contributed by atoms with E-state index in [-0.39, 0.29) is 0 Å². The van der Waals surface area contributed by atoms with Gasteiger partial charge in [0.2, 0.25) is 0 Å². The van der Waals surface area contributed by atoms with E-state index >= 15 is 0 Å². The lowest BCUT2D eigenvalue weighted by Crippen LogP contribution is -1.92. The average molecular weight is 220 g/mol. The third kappa shape index (κ3) is 1.72. The van der Waals surface area contributed by atoms with Crippen LogP contribution in [0.5, 0.6) is 0 Å². The highest BCUT2D eigenvalue weighted by atomic mass is 35.5. The van der Waals surface area contributed by atoms with Crippen molar-refractivity contribution in [3.05, 3.63) is 40.0 Å². The van der Waals surface area contributed by atoms with Gasteiger partial charge in [0.25, 0.3) is 0 Å². The van der Waals surface area contributed by atoms with Gasteiger partial charge in [0.1, 0.15) is 5.15 Å². The van der Waals surface area contributed by atoms with Crippen molar-refractivity contribution in [1.29, 1.82) is 0 Å². The second-order valence-corrected chi connectivity index (χ2v) is 4.23. The first-order valence-corrected chi connectivity index (χ1v) is 5.56. The predicted molar refractivity (Wildman–Crippen MR) is 65.6 cm³/mol. The first-order valence-electron chi connectivity index (χ1n) is 5.18. The van der Waals surface area contributed by atoms with Crippen molar-refractivity contribution in [2.75, 3.05) is 0 Å². The second kappa shape index (κ2) is 3.82. The predicted octanol–water partition coefficient (Wildman–Crippen LogP) is 4.07. The third-order valence-electron chi connectivity index (χ3n) is 2.92. The molecule has 0 atom stereocenters. The zero-order valence-electron chi connectivity index (χ0n) is 9.26. The minimum atomic E-state index is 0.638. The quantitative estimate of drug-likeness (QED) is 0.659. The van der Waals surface area contributed by atoms with Crippen LogP contribution in [-0.4, -0.2) is 4.98 Å². The molecule has 15 heavy (non-hydrogen) atoms. The Morgan fingerprint density at radius 3 is 2.67 bits per heavy atom. The number of halogens is 1. The molecule has 0 saturated carbocycles. The molecule has 1 aromatic heterocycles. The van der Waals surface area contributed by atoms with Gasteiger partial charge < -0.3 is 0 Å². The minimum absolute atomic E-state index is 0.638. The van der Waals surface area contributed by atoms with Gasteiger partial charge in [0.05, 0.1) is 5.52 Å². The lowest BCUT2D eigenvalue weighted by molar-refractivity contribution is 1.12. The molecule has 0 unspecified atom stereocenters. The molecule has 78 valence electrons. The molecule has 0 spiro atoms. The number of hydrogen-bond donors (Lipinski definition) is 0. The molecule has 2 heteroatoms. The van der Waals surface area contributed by atoms with Crippen LogP contribution in [-0.2, 0) is 6.42 Å². The maximum Gasteiger partial charge on any atom is 0.132 e. The molecule has 0 aliphatic rings. The molecule has 0 saturated heterocycles. The van der Waals surface area contributed by atoms with Gasteiger partial charge in [-0.1, -0.05) is 30.7 Å². The van der Waals surface area contributed by atoms with Gasteiger partial charge in [0.15, 0.2) is 0 Å². The van der Waals surface area contributed by atoms with E-state index in [0.29, 0.717) is 5.15 Å². The molecule has 0 bridgehead atoms. The highest BCUT2D eigenvalue weighted by Gasteiger charge is 2.06. The Morgan fingerprint density at radius 1 is 1.27 bits per heavy atom. The molecule has 1 heterocycles. The standard InChI is InChI=1S/C13H14ClN/c1-4-10-7-11-6-5-8(2)9(3)12(11)15-13(10)14/h5-7H,4H2,1-3H3. The number of benzene rings is 1. The van der Waals surface area contributed by atoms with Crippen molar-refractivity contribution in [3.8, 4) is 0 Å². The Labute approximate surface area is 95.1 Å². The van der Waals surface area contributed by atoms with E-state index in [0.717, 1.165) is 17.5 Å². The van der Waals surface area contributed by atoms with E-state index < -0.39 is 0 Å². The molecular weight excluding hydrogens is 206 g/mol. The summed E-state index contributed by atoms with van der Waals surface area (Å²) in [5.74, 6) is 0. The highest BCUT2D eigenvalue weighted by molar-refractivity contribution is 6.30. The van der Waals surface area contributed by atoms with E-state index in [1.807, 2.05) is 0 Å². The van der Waals surface area contributed by atoms with Crippen molar-refractivity contribution in [1.82, 2.24) is 4.98 Å². The first kappa shape index (κ1) is 10.4. The van der Waals surface area contributed by atoms with Crippen molar-refractivity contribution in [2.24, 2.45) is 0 Å². The molecule has 2 rings (SSSR count). The largest absolute Gasteiger partial charge is 0.236 e. The topological polar surface area (TPSA) is 12.9 Å². The van der Waals surface area contributed by atoms with Crippen LogP contribution >= 0.6 is 11.6 Å². The molecule has 0 radical (unpaired) electrons. The maximum atomic E-state index is 6.12. The fourth-order valence-corrected chi connectivity index (χ4v) is 2.02. The van der Waals surface area contributed by atoms with Crippen LogP contribution < -0.4 is 0 Å². The minimum Gasteiger partial charge on any atom is -0.236 e. The van der Waals surface area contributed by atoms with Gasteiger partial charge in [-0.25, -0.2) is 4.98 Å². The summed E-state index contributed by atoms with van der Waals surface area (Å²) in [5.41, 5.74) is 4.62. The number of aryl methyl sites for hydroxylation is 3. The van der Waals surface area contributed by atoms with Crippen LogP contribution in [0.25, 0.3) is 10.9 Å². The van der Waals surface area contributed by atoms with E-state index in [1.54, 1.807) is 0 Å². The van der Waals surface area contributed by atoms with Gasteiger partial charge in [-0.2, -0.15) is 0 Å². The van der Waals surface area contributed by atoms with Crippen LogP contribution in [0.1, 0.15) is 23.6 Å². The fourth-order valence-electron chi connectivity index (χ4n) is 1.75. The lowest BCUT2D eigenvalue weighted by Gasteiger charge is -2.07. The summed E-state index contributed by atoms with van der Waals surface area (Å²) in [6.07, 6.45) is 0.925. The molecule has 0 aliphatic heterocycles. The monoisotopic (exact) mass is 219 g/mol. The van der Waals surface area contributed by atoms with Crippen LogP contribution in [0.4, 0.5) is 0 Å². The SMILES string of the molecule is CCc1cc2ccc(C)c(C)c2nc1Cl. The Kier molecular flexibility index (Phi) is 2.66. The number of nitrogens with zero attached hydrogens (tertiary/aromatic N) is 1. The molecule has 1 aromatic carbocycles. The molecular formula is C13H14ClN. The Bertz CT molecular complexity index is 517. The van der Waals surface area contributed by atoms with Crippen LogP contribution in [0.2, 0.25) is 5.15 Å². The van der Waals surface area contributed by atoms with Gasteiger partial charge in [0, 0.05) is 5.39 Å². The van der Waals surface area contributed by atoms with E-state index in [2.05, 4.69) is 44.0 Å². The Morgan fingerprint density at radius 2 is 2.00 bits per heavy atom. The van der Waals surface area contributed by atoms with Gasteiger partial charge >= 0.3 is 0 Å². The number of fused-ring (bicyclic) bond motifs is 1. The summed E-state index contributed by atoms with van der Waals surface area (Å²) in [7, 11) is 0. The summed E-state index contributed by atoms with van der Waals surface area (Å²) in [5, 5.41) is 1.82. The number of pyridine rings is 1. The van der Waals surface area contributed by atoms with Crippen molar-refractivity contribution in [2.45, 2.75) is 27.2 Å². The third-order valence-corrected chi connectivity index (χ3v) is 3.25. The first-order chi connectivity index (χ1) is 7.13. The molecule has 2 aromatic rings. The molecule has 1 nitrogen and oxygen atoms in total. The Balaban J connectivity index is 2.81. The summed E-state index contributed by atoms with van der Waals surface area (Å²) in [4.78, 5) is 4.47. The summed E-state index contributed by atoms with van der Waals surface area (Å²) in [6, 6.07) is 6.38. The van der Waals surface area contributed by atoms with Gasteiger partial charge in [-0.05, 0) is 43.0 Å². The van der Waals surface area contributed by atoms with Crippen molar-refractivity contribution in [3.63, 3.8) is 0 Å². The van der Waals surface area contributed by atoms with Crippen LogP contribution in [0.15, 0.2) is 18.2 Å². The van der Waals surface area contributed by atoms with E-state index in [1.165, 1.54) is 16.5 Å². The zero-order chi connectivity index (χ0) is 11.0. The van der Waals surface area contributed by atoms with Gasteiger partial charge in [-0.15, -0.1) is 0 Å².